The van der Waals surface area contributed by atoms with Gasteiger partial charge in [0, 0.05) is 42.9 Å². The molecule has 1 heterocycles. The van der Waals surface area contributed by atoms with Gasteiger partial charge in [0.1, 0.15) is 6.61 Å². The summed E-state index contributed by atoms with van der Waals surface area (Å²) in [5, 5.41) is 7.60. The van der Waals surface area contributed by atoms with Crippen molar-refractivity contribution in [2.24, 2.45) is 4.99 Å². The molecular weight excluding hydrogens is 388 g/mol. The fraction of sp³-hybridized carbons (Fsp3) is 0.455. The predicted molar refractivity (Wildman–Crippen MR) is 117 cm³/mol. The molecule has 0 amide bonds. The first-order chi connectivity index (χ1) is 14.1. The lowest BCUT2D eigenvalue weighted by atomic mass is 9.96. The Hall–Kier alpha value is -2.31. The molecule has 1 fully saturated rings. The first kappa shape index (κ1) is 21.4. The van der Waals surface area contributed by atoms with Crippen LogP contribution < -0.4 is 15.4 Å². The summed E-state index contributed by atoms with van der Waals surface area (Å²) in [6, 6.07) is 12.0. The molecule has 1 aromatic carbocycles. The number of guanidine groups is 1. The number of hydrogen-bond acceptors (Lipinski definition) is 4. The van der Waals surface area contributed by atoms with E-state index in [0.717, 1.165) is 42.5 Å². The number of nitrogens with zero attached hydrogens (tertiary/aromatic N) is 2. The minimum atomic E-state index is 0.157. The van der Waals surface area contributed by atoms with Gasteiger partial charge in [0.25, 0.3) is 0 Å². The molecule has 0 bridgehead atoms. The van der Waals surface area contributed by atoms with Crippen molar-refractivity contribution < 1.29 is 9.47 Å². The van der Waals surface area contributed by atoms with Crippen LogP contribution in [0.1, 0.15) is 30.9 Å². The lowest BCUT2D eigenvalue weighted by molar-refractivity contribution is 0.143. The lowest BCUT2D eigenvalue weighted by Crippen LogP contribution is -2.41. The Labute approximate surface area is 177 Å². The summed E-state index contributed by atoms with van der Waals surface area (Å²) >= 11 is 6.18. The average Bonchev–Trinajstić information content (AvgIpc) is 3.52. The first-order valence-electron chi connectivity index (χ1n) is 10.00. The molecule has 0 radical (unpaired) electrons. The maximum atomic E-state index is 6.18. The van der Waals surface area contributed by atoms with E-state index >= 15 is 0 Å². The maximum absolute atomic E-state index is 6.18. The Morgan fingerprint density at radius 2 is 2.07 bits per heavy atom. The highest BCUT2D eigenvalue weighted by Crippen LogP contribution is 2.48. The van der Waals surface area contributed by atoms with E-state index in [1.54, 1.807) is 13.3 Å². The number of aliphatic imine (C=N–C) groups is 1. The van der Waals surface area contributed by atoms with Gasteiger partial charge in [-0.05, 0) is 43.0 Å². The molecule has 0 unspecified atom stereocenters. The highest BCUT2D eigenvalue weighted by Gasteiger charge is 2.44. The van der Waals surface area contributed by atoms with Gasteiger partial charge >= 0.3 is 0 Å². The Kier molecular flexibility index (Phi) is 7.72. The quantitative estimate of drug-likeness (QED) is 0.352. The minimum Gasteiger partial charge on any atom is -0.475 e. The van der Waals surface area contributed by atoms with Gasteiger partial charge in [-0.1, -0.05) is 29.8 Å². The molecule has 3 rings (SSSR count). The molecular formula is C22H29ClN4O2. The van der Waals surface area contributed by atoms with E-state index in [1.807, 2.05) is 24.3 Å². The number of ether oxygens (including phenoxy) is 2. The Morgan fingerprint density at radius 3 is 2.72 bits per heavy atom. The largest absolute Gasteiger partial charge is 0.475 e. The Morgan fingerprint density at radius 1 is 1.21 bits per heavy atom. The van der Waals surface area contributed by atoms with Crippen molar-refractivity contribution in [2.45, 2.75) is 31.7 Å². The number of pyridine rings is 1. The number of halogens is 1. The number of aromatic nitrogens is 1. The summed E-state index contributed by atoms with van der Waals surface area (Å²) in [4.78, 5) is 9.02. The van der Waals surface area contributed by atoms with Crippen molar-refractivity contribution in [3.05, 3.63) is 58.7 Å². The smallest absolute Gasteiger partial charge is 0.213 e. The van der Waals surface area contributed by atoms with Crippen molar-refractivity contribution in [1.82, 2.24) is 15.6 Å². The van der Waals surface area contributed by atoms with Crippen LogP contribution >= 0.6 is 11.6 Å². The molecule has 1 saturated carbocycles. The van der Waals surface area contributed by atoms with Gasteiger partial charge in [-0.25, -0.2) is 9.98 Å². The van der Waals surface area contributed by atoms with E-state index in [-0.39, 0.29) is 5.41 Å². The molecule has 1 aliphatic carbocycles. The fourth-order valence-corrected chi connectivity index (χ4v) is 3.31. The Bertz CT molecular complexity index is 807. The normalized spacial score (nSPS) is 15.1. The summed E-state index contributed by atoms with van der Waals surface area (Å²) in [5.41, 5.74) is 2.47. The average molecular weight is 417 g/mol. The van der Waals surface area contributed by atoms with Gasteiger partial charge in [0.05, 0.1) is 13.2 Å². The van der Waals surface area contributed by atoms with E-state index in [1.165, 1.54) is 5.56 Å². The zero-order valence-electron chi connectivity index (χ0n) is 17.1. The minimum absolute atomic E-state index is 0.157. The maximum Gasteiger partial charge on any atom is 0.213 e. The fourth-order valence-electron chi connectivity index (χ4n) is 3.12. The van der Waals surface area contributed by atoms with Crippen molar-refractivity contribution in [3.63, 3.8) is 0 Å². The van der Waals surface area contributed by atoms with Gasteiger partial charge in [-0.2, -0.15) is 0 Å². The van der Waals surface area contributed by atoms with Crippen LogP contribution in [0.4, 0.5) is 0 Å². The number of hydrogen-bond donors (Lipinski definition) is 2. The second-order valence-corrected chi connectivity index (χ2v) is 7.62. The predicted octanol–water partition coefficient (Wildman–Crippen LogP) is 3.55. The molecule has 29 heavy (non-hydrogen) atoms. The molecule has 2 N–H and O–H groups in total. The molecule has 0 atom stereocenters. The van der Waals surface area contributed by atoms with Crippen molar-refractivity contribution in [1.29, 1.82) is 0 Å². The molecule has 156 valence electrons. The molecule has 7 heteroatoms. The van der Waals surface area contributed by atoms with Gasteiger partial charge in [0.2, 0.25) is 5.88 Å². The van der Waals surface area contributed by atoms with Crippen LogP contribution in [-0.4, -0.2) is 44.4 Å². The van der Waals surface area contributed by atoms with Crippen LogP contribution in [0.25, 0.3) is 0 Å². The number of nitrogens with one attached hydrogen (secondary N) is 2. The molecule has 2 aromatic rings. The third kappa shape index (κ3) is 6.34. The third-order valence-corrected chi connectivity index (χ3v) is 5.22. The van der Waals surface area contributed by atoms with E-state index in [4.69, 9.17) is 26.1 Å². The van der Waals surface area contributed by atoms with E-state index in [9.17, 15) is 0 Å². The van der Waals surface area contributed by atoms with Gasteiger partial charge < -0.3 is 20.1 Å². The summed E-state index contributed by atoms with van der Waals surface area (Å²) in [6.07, 6.45) is 4.12. The van der Waals surface area contributed by atoms with Crippen LogP contribution in [0.15, 0.2) is 47.6 Å². The second kappa shape index (κ2) is 10.5. The number of rotatable bonds is 10. The molecule has 0 saturated heterocycles. The van der Waals surface area contributed by atoms with Crippen LogP contribution in [0.3, 0.4) is 0 Å². The highest BCUT2D eigenvalue weighted by molar-refractivity contribution is 6.30. The van der Waals surface area contributed by atoms with E-state index < -0.39 is 0 Å². The molecule has 1 aliphatic rings. The summed E-state index contributed by atoms with van der Waals surface area (Å²) in [7, 11) is 1.65. The third-order valence-electron chi connectivity index (χ3n) is 4.98. The molecule has 0 spiro atoms. The van der Waals surface area contributed by atoms with Crippen LogP contribution in [0, 0.1) is 0 Å². The number of methoxy groups -OCH3 is 1. The van der Waals surface area contributed by atoms with E-state index in [0.29, 0.717) is 25.6 Å². The van der Waals surface area contributed by atoms with Gasteiger partial charge in [-0.15, -0.1) is 0 Å². The highest BCUT2D eigenvalue weighted by atomic mass is 35.5. The number of benzene rings is 1. The molecule has 0 aliphatic heterocycles. The van der Waals surface area contributed by atoms with Crippen molar-refractivity contribution >= 4 is 17.6 Å². The zero-order chi connectivity index (χ0) is 20.5. The van der Waals surface area contributed by atoms with Crippen LogP contribution in [-0.2, 0) is 16.7 Å². The van der Waals surface area contributed by atoms with E-state index in [2.05, 4.69) is 34.7 Å². The van der Waals surface area contributed by atoms with Gasteiger partial charge in [-0.3, -0.25) is 0 Å². The zero-order valence-corrected chi connectivity index (χ0v) is 17.8. The van der Waals surface area contributed by atoms with Crippen molar-refractivity contribution in [2.75, 3.05) is 33.4 Å². The monoisotopic (exact) mass is 416 g/mol. The van der Waals surface area contributed by atoms with Gasteiger partial charge in [0.15, 0.2) is 5.96 Å². The SMILES string of the molecule is CCNC(=NCc1ccc(OCCOC)nc1)NCC1(c2cccc(Cl)c2)CC1. The van der Waals surface area contributed by atoms with Crippen LogP contribution in [0.2, 0.25) is 5.02 Å². The second-order valence-electron chi connectivity index (χ2n) is 7.19. The summed E-state index contributed by atoms with van der Waals surface area (Å²) in [5.74, 6) is 1.40. The Balaban J connectivity index is 1.56. The topological polar surface area (TPSA) is 67.8 Å². The van der Waals surface area contributed by atoms with Crippen molar-refractivity contribution in [3.8, 4) is 5.88 Å². The van der Waals surface area contributed by atoms with Crippen LogP contribution in [0.5, 0.6) is 5.88 Å². The molecule has 6 nitrogen and oxygen atoms in total. The summed E-state index contributed by atoms with van der Waals surface area (Å²) in [6.45, 7) is 5.29. The lowest BCUT2D eigenvalue weighted by Gasteiger charge is -2.19. The standard InChI is InChI=1S/C22H29ClN4O2/c1-3-24-21(26-15-17-7-8-20(25-14-17)29-12-11-28-2)27-16-22(9-10-22)18-5-4-6-19(23)13-18/h4-8,13-14H,3,9-12,15-16H2,1-2H3,(H2,24,26,27). The molecule has 1 aromatic heterocycles. The summed E-state index contributed by atoms with van der Waals surface area (Å²) < 4.78 is 10.5. The first-order valence-corrected chi connectivity index (χ1v) is 10.4.